The minimum absolute atomic E-state index is 0.368. The summed E-state index contributed by atoms with van der Waals surface area (Å²) in [5, 5.41) is 2.95. The van der Waals surface area contributed by atoms with E-state index in [2.05, 4.69) is 15.0 Å². The zero-order valence-electron chi connectivity index (χ0n) is 8.90. The van der Waals surface area contributed by atoms with Crippen LogP contribution in [0.25, 0.3) is 0 Å². The molecule has 2 N–H and O–H groups in total. The van der Waals surface area contributed by atoms with Crippen LogP contribution in [-0.2, 0) is 10.0 Å². The van der Waals surface area contributed by atoms with Gasteiger partial charge in [-0.15, -0.1) is 0 Å². The SMILES string of the molecule is CS(=O)(=O)NCCCNc1ccc(F)cn1. The van der Waals surface area contributed by atoms with Gasteiger partial charge in [-0.1, -0.05) is 0 Å². The largest absolute Gasteiger partial charge is 0.370 e. The lowest BCUT2D eigenvalue weighted by Crippen LogP contribution is -2.24. The van der Waals surface area contributed by atoms with Crippen LogP contribution in [-0.4, -0.2) is 32.7 Å². The fourth-order valence-corrected chi connectivity index (χ4v) is 1.56. The Morgan fingerprint density at radius 2 is 2.12 bits per heavy atom. The number of halogens is 1. The standard InChI is InChI=1S/C9H14FN3O2S/c1-16(14,15)13-6-2-5-11-9-4-3-8(10)7-12-9/h3-4,7,13H,2,5-6H2,1H3,(H,11,12). The van der Waals surface area contributed by atoms with Crippen molar-refractivity contribution in [2.75, 3.05) is 24.7 Å². The molecule has 0 bridgehead atoms. The molecule has 0 aliphatic rings. The van der Waals surface area contributed by atoms with E-state index in [4.69, 9.17) is 0 Å². The maximum Gasteiger partial charge on any atom is 0.208 e. The summed E-state index contributed by atoms with van der Waals surface area (Å²) in [4.78, 5) is 3.80. The second-order valence-electron chi connectivity index (χ2n) is 3.31. The van der Waals surface area contributed by atoms with Crippen LogP contribution >= 0.6 is 0 Å². The van der Waals surface area contributed by atoms with Gasteiger partial charge in [0.15, 0.2) is 0 Å². The quantitative estimate of drug-likeness (QED) is 0.721. The molecule has 0 atom stereocenters. The number of anilines is 1. The third-order valence-corrected chi connectivity index (χ3v) is 2.48. The number of aromatic nitrogens is 1. The van der Waals surface area contributed by atoms with Crippen molar-refractivity contribution in [1.29, 1.82) is 0 Å². The molecule has 0 saturated carbocycles. The number of hydrogen-bond acceptors (Lipinski definition) is 4. The summed E-state index contributed by atoms with van der Waals surface area (Å²) in [6.45, 7) is 0.939. The summed E-state index contributed by atoms with van der Waals surface area (Å²) in [7, 11) is -3.12. The van der Waals surface area contributed by atoms with Crippen molar-refractivity contribution in [2.45, 2.75) is 6.42 Å². The number of sulfonamides is 1. The van der Waals surface area contributed by atoms with E-state index >= 15 is 0 Å². The average Bonchev–Trinajstić information content (AvgIpc) is 2.19. The lowest BCUT2D eigenvalue weighted by atomic mass is 10.4. The summed E-state index contributed by atoms with van der Waals surface area (Å²) < 4.78 is 36.3. The Morgan fingerprint density at radius 3 is 2.69 bits per heavy atom. The van der Waals surface area contributed by atoms with Gasteiger partial charge >= 0.3 is 0 Å². The number of pyridine rings is 1. The van der Waals surface area contributed by atoms with Crippen LogP contribution in [0.4, 0.5) is 10.2 Å². The number of nitrogens with one attached hydrogen (secondary N) is 2. The van der Waals surface area contributed by atoms with Gasteiger partial charge in [0.05, 0.1) is 12.5 Å². The minimum atomic E-state index is -3.12. The van der Waals surface area contributed by atoms with Gasteiger partial charge in [-0.3, -0.25) is 0 Å². The fourth-order valence-electron chi connectivity index (χ4n) is 1.04. The maximum absolute atomic E-state index is 12.5. The van der Waals surface area contributed by atoms with E-state index in [1.807, 2.05) is 0 Å². The molecule has 1 rings (SSSR count). The molecule has 1 aromatic heterocycles. The molecule has 1 aromatic rings. The van der Waals surface area contributed by atoms with Crippen molar-refractivity contribution in [3.05, 3.63) is 24.1 Å². The Kier molecular flexibility index (Phi) is 4.63. The van der Waals surface area contributed by atoms with Gasteiger partial charge in [0.2, 0.25) is 10.0 Å². The van der Waals surface area contributed by atoms with Gasteiger partial charge in [-0.2, -0.15) is 0 Å². The molecule has 0 fully saturated rings. The lowest BCUT2D eigenvalue weighted by molar-refractivity contribution is 0.586. The fraction of sp³-hybridized carbons (Fsp3) is 0.444. The Morgan fingerprint density at radius 1 is 1.38 bits per heavy atom. The van der Waals surface area contributed by atoms with Gasteiger partial charge in [0.1, 0.15) is 11.6 Å². The van der Waals surface area contributed by atoms with Crippen molar-refractivity contribution >= 4 is 15.8 Å². The topological polar surface area (TPSA) is 71.1 Å². The van der Waals surface area contributed by atoms with E-state index in [1.165, 1.54) is 12.1 Å². The molecule has 1 heterocycles. The van der Waals surface area contributed by atoms with Crippen LogP contribution in [0.15, 0.2) is 18.3 Å². The number of rotatable bonds is 6. The number of hydrogen-bond donors (Lipinski definition) is 2. The summed E-state index contributed by atoms with van der Waals surface area (Å²) in [5.41, 5.74) is 0. The zero-order chi connectivity index (χ0) is 12.0. The van der Waals surface area contributed by atoms with Crippen LogP contribution in [0.5, 0.6) is 0 Å². The highest BCUT2D eigenvalue weighted by Crippen LogP contribution is 2.02. The summed E-state index contributed by atoms with van der Waals surface area (Å²) in [5.74, 6) is 0.185. The third kappa shape index (κ3) is 5.62. The van der Waals surface area contributed by atoms with Crippen LogP contribution in [0, 0.1) is 5.82 Å². The lowest BCUT2D eigenvalue weighted by Gasteiger charge is -2.05. The molecule has 0 unspecified atom stereocenters. The Bertz CT molecular complexity index is 419. The molecule has 7 heteroatoms. The predicted molar refractivity (Wildman–Crippen MR) is 60.1 cm³/mol. The van der Waals surface area contributed by atoms with Gasteiger partial charge in [-0.25, -0.2) is 22.5 Å². The van der Waals surface area contributed by atoms with Gasteiger partial charge in [-0.05, 0) is 18.6 Å². The van der Waals surface area contributed by atoms with Crippen molar-refractivity contribution in [1.82, 2.24) is 9.71 Å². The second kappa shape index (κ2) is 5.76. The molecule has 5 nitrogen and oxygen atoms in total. The molecule has 16 heavy (non-hydrogen) atoms. The minimum Gasteiger partial charge on any atom is -0.370 e. The first-order valence-corrected chi connectivity index (χ1v) is 6.66. The van der Waals surface area contributed by atoms with Crippen LogP contribution in [0.2, 0.25) is 0 Å². The van der Waals surface area contributed by atoms with Crippen molar-refractivity contribution in [3.8, 4) is 0 Å². The van der Waals surface area contributed by atoms with Gasteiger partial charge < -0.3 is 5.32 Å². The Hall–Kier alpha value is -1.21. The van der Waals surface area contributed by atoms with E-state index in [0.29, 0.717) is 25.3 Å². The predicted octanol–water partition coefficient (Wildman–Crippen LogP) is 0.572. The van der Waals surface area contributed by atoms with Crippen molar-refractivity contribution < 1.29 is 12.8 Å². The van der Waals surface area contributed by atoms with E-state index in [9.17, 15) is 12.8 Å². The summed E-state index contributed by atoms with van der Waals surface area (Å²) in [6, 6.07) is 2.84. The molecular formula is C9H14FN3O2S. The van der Waals surface area contributed by atoms with Gasteiger partial charge in [0.25, 0.3) is 0 Å². The van der Waals surface area contributed by atoms with Crippen molar-refractivity contribution in [2.24, 2.45) is 0 Å². The van der Waals surface area contributed by atoms with Gasteiger partial charge in [0, 0.05) is 13.1 Å². The van der Waals surface area contributed by atoms with E-state index in [-0.39, 0.29) is 5.82 Å². The van der Waals surface area contributed by atoms with Crippen molar-refractivity contribution in [3.63, 3.8) is 0 Å². The first-order chi connectivity index (χ1) is 7.47. The smallest absolute Gasteiger partial charge is 0.208 e. The first kappa shape index (κ1) is 12.9. The third-order valence-electron chi connectivity index (χ3n) is 1.75. The molecule has 0 aliphatic carbocycles. The Labute approximate surface area is 94.1 Å². The monoisotopic (exact) mass is 247 g/mol. The molecule has 0 aromatic carbocycles. The summed E-state index contributed by atoms with van der Waals surface area (Å²) in [6.07, 6.45) is 2.87. The Balaban J connectivity index is 2.19. The highest BCUT2D eigenvalue weighted by Gasteiger charge is 1.99. The molecule has 0 amide bonds. The highest BCUT2D eigenvalue weighted by molar-refractivity contribution is 7.88. The highest BCUT2D eigenvalue weighted by atomic mass is 32.2. The van der Waals surface area contributed by atoms with E-state index in [0.717, 1.165) is 12.5 Å². The van der Waals surface area contributed by atoms with Crippen LogP contribution in [0.1, 0.15) is 6.42 Å². The van der Waals surface area contributed by atoms with E-state index < -0.39 is 10.0 Å². The molecule has 0 radical (unpaired) electrons. The average molecular weight is 247 g/mol. The molecule has 0 aliphatic heterocycles. The summed E-state index contributed by atoms with van der Waals surface area (Å²) >= 11 is 0. The maximum atomic E-state index is 12.5. The van der Waals surface area contributed by atoms with Crippen LogP contribution in [0.3, 0.4) is 0 Å². The molecule has 90 valence electrons. The normalized spacial score (nSPS) is 11.4. The van der Waals surface area contributed by atoms with E-state index in [1.54, 1.807) is 0 Å². The second-order valence-corrected chi connectivity index (χ2v) is 5.14. The molecular weight excluding hydrogens is 233 g/mol. The molecule has 0 spiro atoms. The molecule has 0 saturated heterocycles. The first-order valence-electron chi connectivity index (χ1n) is 4.77. The number of nitrogens with zero attached hydrogens (tertiary/aromatic N) is 1. The van der Waals surface area contributed by atoms with Crippen LogP contribution < -0.4 is 10.0 Å². The zero-order valence-corrected chi connectivity index (χ0v) is 9.72.